The molecule has 3 aromatic rings. The Balaban J connectivity index is 1.63. The second-order valence-corrected chi connectivity index (χ2v) is 6.68. The van der Waals surface area contributed by atoms with Crippen molar-refractivity contribution < 1.29 is 0 Å². The lowest BCUT2D eigenvalue weighted by atomic mass is 10.1. The maximum Gasteiger partial charge on any atom is 0.132 e. The minimum Gasteiger partial charge on any atom is -0.325 e. The molecule has 0 aromatic carbocycles. The zero-order chi connectivity index (χ0) is 18.8. The average Bonchev–Trinajstić information content (AvgIpc) is 3.00. The quantitative estimate of drug-likeness (QED) is 0.646. The minimum absolute atomic E-state index is 0.766. The van der Waals surface area contributed by atoms with Crippen molar-refractivity contribution in [2.75, 3.05) is 5.32 Å². The molecule has 0 saturated carbocycles. The second-order valence-electron chi connectivity index (χ2n) is 6.68. The molecule has 0 amide bonds. The van der Waals surface area contributed by atoms with Gasteiger partial charge in [-0.2, -0.15) is 5.10 Å². The summed E-state index contributed by atoms with van der Waals surface area (Å²) in [4.78, 5) is 9.29. The molecular formula is C20H23N7. The molecule has 4 heterocycles. The molecule has 0 aliphatic carbocycles. The monoisotopic (exact) mass is 361 g/mol. The number of aryl methyl sites for hydroxylation is 2. The fourth-order valence-electron chi connectivity index (χ4n) is 3.21. The molecule has 3 aromatic heterocycles. The lowest BCUT2D eigenvalue weighted by Gasteiger charge is -2.18. The van der Waals surface area contributed by atoms with Gasteiger partial charge in [-0.05, 0) is 43.2 Å². The fourth-order valence-corrected chi connectivity index (χ4v) is 3.21. The number of fused-ring (bicyclic) bond motifs is 1. The number of nitrogens with zero attached hydrogens (tertiary/aromatic N) is 4. The molecule has 4 rings (SSSR count). The first kappa shape index (κ1) is 17.1. The van der Waals surface area contributed by atoms with E-state index in [4.69, 9.17) is 4.98 Å². The summed E-state index contributed by atoms with van der Waals surface area (Å²) in [6, 6.07) is 5.97. The van der Waals surface area contributed by atoms with Crippen molar-refractivity contribution in [3.05, 3.63) is 60.0 Å². The highest BCUT2D eigenvalue weighted by Crippen LogP contribution is 2.25. The molecule has 0 unspecified atom stereocenters. The first-order valence-corrected chi connectivity index (χ1v) is 9.09. The summed E-state index contributed by atoms with van der Waals surface area (Å²) < 4.78 is 1.82. The van der Waals surface area contributed by atoms with Crippen molar-refractivity contribution in [1.29, 1.82) is 0 Å². The van der Waals surface area contributed by atoms with Crippen molar-refractivity contribution in [2.45, 2.75) is 26.7 Å². The Morgan fingerprint density at radius 1 is 1.22 bits per heavy atom. The number of anilines is 1. The highest BCUT2D eigenvalue weighted by molar-refractivity contribution is 5.82. The van der Waals surface area contributed by atoms with E-state index in [0.29, 0.717) is 0 Å². The molecule has 0 saturated heterocycles. The highest BCUT2D eigenvalue weighted by atomic mass is 15.4. The largest absolute Gasteiger partial charge is 0.325 e. The van der Waals surface area contributed by atoms with E-state index in [9.17, 15) is 0 Å². The van der Waals surface area contributed by atoms with Crippen LogP contribution in [0.1, 0.15) is 25.5 Å². The molecule has 7 heteroatoms. The van der Waals surface area contributed by atoms with Gasteiger partial charge in [0.05, 0.1) is 16.7 Å². The van der Waals surface area contributed by atoms with Crippen LogP contribution < -0.4 is 16.2 Å². The van der Waals surface area contributed by atoms with E-state index in [0.717, 1.165) is 52.3 Å². The Hall–Kier alpha value is -3.35. The maximum absolute atomic E-state index is 4.73. The molecular weight excluding hydrogens is 338 g/mol. The zero-order valence-electron chi connectivity index (χ0n) is 15.7. The smallest absolute Gasteiger partial charge is 0.132 e. The van der Waals surface area contributed by atoms with Gasteiger partial charge < -0.3 is 10.7 Å². The van der Waals surface area contributed by atoms with Gasteiger partial charge in [-0.1, -0.05) is 13.3 Å². The fraction of sp³-hybridized carbons (Fsp3) is 0.250. The van der Waals surface area contributed by atoms with Gasteiger partial charge in [0.25, 0.3) is 0 Å². The number of hydrogen-bond donors (Lipinski definition) is 3. The SMILES string of the molecule is CCCC1=CNNC(Nc2ccc3ncc(-c4cn(C)nc4C)cc3n2)=C1. The van der Waals surface area contributed by atoms with Gasteiger partial charge in [-0.25, -0.2) is 4.98 Å². The van der Waals surface area contributed by atoms with Crippen LogP contribution >= 0.6 is 0 Å². The van der Waals surface area contributed by atoms with Crippen LogP contribution in [0.2, 0.25) is 0 Å². The number of allylic oxidation sites excluding steroid dienone is 2. The van der Waals surface area contributed by atoms with Crippen LogP contribution in [0.5, 0.6) is 0 Å². The number of pyridine rings is 2. The predicted octanol–water partition coefficient (Wildman–Crippen LogP) is 3.38. The van der Waals surface area contributed by atoms with Gasteiger partial charge in [0.2, 0.25) is 0 Å². The molecule has 0 fully saturated rings. The lowest BCUT2D eigenvalue weighted by molar-refractivity contribution is 0.703. The summed E-state index contributed by atoms with van der Waals surface area (Å²) in [5.41, 5.74) is 12.2. The van der Waals surface area contributed by atoms with Crippen molar-refractivity contribution >= 4 is 16.9 Å². The third kappa shape index (κ3) is 3.62. The molecule has 27 heavy (non-hydrogen) atoms. The van der Waals surface area contributed by atoms with Gasteiger partial charge in [-0.3, -0.25) is 15.1 Å². The third-order valence-electron chi connectivity index (χ3n) is 4.46. The summed E-state index contributed by atoms with van der Waals surface area (Å²) >= 11 is 0. The Morgan fingerprint density at radius 2 is 2.11 bits per heavy atom. The van der Waals surface area contributed by atoms with E-state index < -0.39 is 0 Å². The number of nitrogens with one attached hydrogen (secondary N) is 3. The van der Waals surface area contributed by atoms with Crippen molar-refractivity contribution in [2.24, 2.45) is 7.05 Å². The van der Waals surface area contributed by atoms with E-state index in [-0.39, 0.29) is 0 Å². The van der Waals surface area contributed by atoms with Crippen LogP contribution in [0.4, 0.5) is 5.82 Å². The zero-order valence-corrected chi connectivity index (χ0v) is 15.7. The summed E-state index contributed by atoms with van der Waals surface area (Å²) in [6.45, 7) is 4.17. The van der Waals surface area contributed by atoms with Crippen LogP contribution in [0, 0.1) is 6.92 Å². The summed E-state index contributed by atoms with van der Waals surface area (Å²) in [6.07, 6.45) is 10.1. The molecule has 0 atom stereocenters. The normalized spacial score (nSPS) is 13.6. The van der Waals surface area contributed by atoms with Gasteiger partial charge in [-0.15, -0.1) is 0 Å². The Morgan fingerprint density at radius 3 is 2.89 bits per heavy atom. The third-order valence-corrected chi connectivity index (χ3v) is 4.46. The minimum atomic E-state index is 0.766. The summed E-state index contributed by atoms with van der Waals surface area (Å²) in [5.74, 6) is 1.64. The van der Waals surface area contributed by atoms with Crippen LogP contribution in [-0.4, -0.2) is 19.7 Å². The molecule has 0 spiro atoms. The Bertz CT molecular complexity index is 1050. The summed E-state index contributed by atoms with van der Waals surface area (Å²) in [7, 11) is 1.92. The average molecular weight is 361 g/mol. The molecule has 7 nitrogen and oxygen atoms in total. The van der Waals surface area contributed by atoms with E-state index in [2.05, 4.69) is 45.3 Å². The Labute approximate surface area is 158 Å². The standard InChI is InChI=1S/C20H23N7/c1-4-5-14-8-20(25-22-10-14)24-19-7-6-17-18(23-19)9-15(11-21-17)16-12-27(3)26-13(16)2/h6-12,22,25H,4-5H2,1-3H3,(H,23,24). The number of rotatable bonds is 5. The van der Waals surface area contributed by atoms with Crippen molar-refractivity contribution in [3.8, 4) is 11.1 Å². The Kier molecular flexibility index (Phi) is 4.50. The van der Waals surface area contributed by atoms with Crippen LogP contribution in [-0.2, 0) is 7.05 Å². The van der Waals surface area contributed by atoms with Gasteiger partial charge >= 0.3 is 0 Å². The van der Waals surface area contributed by atoms with E-state index in [1.54, 1.807) is 0 Å². The van der Waals surface area contributed by atoms with Gasteiger partial charge in [0.1, 0.15) is 11.6 Å². The first-order valence-electron chi connectivity index (χ1n) is 9.09. The van der Waals surface area contributed by atoms with Crippen molar-refractivity contribution in [1.82, 2.24) is 30.6 Å². The number of hydrazine groups is 1. The van der Waals surface area contributed by atoms with Gasteiger partial charge in [0, 0.05) is 36.8 Å². The molecule has 3 N–H and O–H groups in total. The molecule has 1 aliphatic rings. The van der Waals surface area contributed by atoms with E-state index >= 15 is 0 Å². The molecule has 0 bridgehead atoms. The predicted molar refractivity (Wildman–Crippen MR) is 107 cm³/mol. The number of aromatic nitrogens is 4. The first-order chi connectivity index (χ1) is 13.1. The van der Waals surface area contributed by atoms with Crippen LogP contribution in [0.3, 0.4) is 0 Å². The van der Waals surface area contributed by atoms with Crippen molar-refractivity contribution in [3.63, 3.8) is 0 Å². The maximum atomic E-state index is 4.73. The molecule has 138 valence electrons. The second kappa shape index (κ2) is 7.11. The van der Waals surface area contributed by atoms with Crippen LogP contribution in [0.15, 0.2) is 54.3 Å². The topological polar surface area (TPSA) is 79.7 Å². The number of hydrogen-bond acceptors (Lipinski definition) is 6. The highest BCUT2D eigenvalue weighted by Gasteiger charge is 2.10. The lowest BCUT2D eigenvalue weighted by Crippen LogP contribution is -2.33. The van der Waals surface area contributed by atoms with E-state index in [1.165, 1.54) is 5.57 Å². The van der Waals surface area contributed by atoms with E-state index in [1.807, 2.05) is 49.4 Å². The van der Waals surface area contributed by atoms with Crippen LogP contribution in [0.25, 0.3) is 22.2 Å². The molecule has 0 radical (unpaired) electrons. The molecule has 1 aliphatic heterocycles. The summed E-state index contributed by atoms with van der Waals surface area (Å²) in [5, 5.41) is 7.74. The van der Waals surface area contributed by atoms with Gasteiger partial charge in [0.15, 0.2) is 0 Å².